The molecule has 3 rings (SSSR count). The highest BCUT2D eigenvalue weighted by molar-refractivity contribution is 5.32. The first kappa shape index (κ1) is 16.9. The Morgan fingerprint density at radius 2 is 1.83 bits per heavy atom. The van der Waals surface area contributed by atoms with Crippen LogP contribution in [0.4, 0.5) is 5.95 Å². The van der Waals surface area contributed by atoms with Gasteiger partial charge in [0.2, 0.25) is 5.95 Å². The Hall–Kier alpha value is -1.98. The number of aryl methyl sites for hydroxylation is 2. The third kappa shape index (κ3) is 4.10. The molecule has 0 spiro atoms. The van der Waals surface area contributed by atoms with Gasteiger partial charge in [0.15, 0.2) is 0 Å². The number of likely N-dealkylation sites (tertiary alicyclic amines) is 1. The summed E-state index contributed by atoms with van der Waals surface area (Å²) in [7, 11) is 1.95. The summed E-state index contributed by atoms with van der Waals surface area (Å²) in [5.41, 5.74) is 2.47. The zero-order valence-corrected chi connectivity index (χ0v) is 14.7. The van der Waals surface area contributed by atoms with E-state index < -0.39 is 5.60 Å². The van der Waals surface area contributed by atoms with Gasteiger partial charge in [0.05, 0.1) is 12.1 Å². The molecule has 0 radical (unpaired) electrons. The second kappa shape index (κ2) is 6.87. The van der Waals surface area contributed by atoms with Gasteiger partial charge < -0.3 is 10.0 Å². The van der Waals surface area contributed by atoms with Crippen LogP contribution in [0.3, 0.4) is 0 Å². The zero-order valence-electron chi connectivity index (χ0n) is 14.7. The van der Waals surface area contributed by atoms with E-state index in [2.05, 4.69) is 39.1 Å². The monoisotopic (exact) mass is 326 g/mol. The molecule has 24 heavy (non-hydrogen) atoms. The molecule has 2 aromatic rings. The van der Waals surface area contributed by atoms with Gasteiger partial charge in [-0.05, 0) is 31.9 Å². The summed E-state index contributed by atoms with van der Waals surface area (Å²) in [4.78, 5) is 13.2. The average molecular weight is 326 g/mol. The van der Waals surface area contributed by atoms with Gasteiger partial charge in [-0.1, -0.05) is 30.3 Å². The Morgan fingerprint density at radius 3 is 2.50 bits per heavy atom. The van der Waals surface area contributed by atoms with Crippen molar-refractivity contribution in [2.75, 3.05) is 31.6 Å². The van der Waals surface area contributed by atoms with Gasteiger partial charge in [-0.15, -0.1) is 0 Å². The van der Waals surface area contributed by atoms with Crippen molar-refractivity contribution in [1.29, 1.82) is 0 Å². The van der Waals surface area contributed by atoms with Crippen molar-refractivity contribution >= 4 is 5.95 Å². The fraction of sp³-hybridized carbons (Fsp3) is 0.474. The maximum Gasteiger partial charge on any atom is 0.225 e. The van der Waals surface area contributed by atoms with Gasteiger partial charge in [-0.3, -0.25) is 4.90 Å². The highest BCUT2D eigenvalue weighted by Crippen LogP contribution is 2.25. The summed E-state index contributed by atoms with van der Waals surface area (Å²) < 4.78 is 0. The molecule has 0 saturated carbocycles. The van der Waals surface area contributed by atoms with E-state index in [-0.39, 0.29) is 0 Å². The minimum absolute atomic E-state index is 0.543. The molecule has 1 N–H and O–H groups in total. The predicted molar refractivity (Wildman–Crippen MR) is 96.1 cm³/mol. The molecule has 2 heterocycles. The molecule has 5 heteroatoms. The summed E-state index contributed by atoms with van der Waals surface area (Å²) in [5, 5.41) is 11.0. The molecule has 1 unspecified atom stereocenters. The molecule has 1 aromatic carbocycles. The topological polar surface area (TPSA) is 52.5 Å². The highest BCUT2D eigenvalue weighted by Gasteiger charge is 2.37. The number of likely N-dealkylation sites (N-methyl/N-ethyl adjacent to an activating group) is 1. The third-order valence-corrected chi connectivity index (χ3v) is 4.50. The van der Waals surface area contributed by atoms with Crippen molar-refractivity contribution in [3.8, 4) is 0 Å². The fourth-order valence-corrected chi connectivity index (χ4v) is 3.44. The maximum atomic E-state index is 11.0. The summed E-state index contributed by atoms with van der Waals surface area (Å²) >= 11 is 0. The van der Waals surface area contributed by atoms with Crippen molar-refractivity contribution < 1.29 is 5.11 Å². The first-order valence-corrected chi connectivity index (χ1v) is 8.46. The molecule has 1 aliphatic heterocycles. The molecule has 128 valence electrons. The molecule has 1 fully saturated rings. The normalized spacial score (nSPS) is 21.2. The Bertz CT molecular complexity index is 671. The van der Waals surface area contributed by atoms with E-state index in [1.165, 1.54) is 5.56 Å². The van der Waals surface area contributed by atoms with Crippen LogP contribution in [-0.4, -0.2) is 52.3 Å². The number of anilines is 1. The number of hydrogen-bond acceptors (Lipinski definition) is 5. The van der Waals surface area contributed by atoms with Crippen molar-refractivity contribution in [2.24, 2.45) is 0 Å². The molecule has 1 saturated heterocycles. The van der Waals surface area contributed by atoms with Crippen LogP contribution in [0.1, 0.15) is 23.4 Å². The van der Waals surface area contributed by atoms with E-state index in [1.54, 1.807) is 0 Å². The van der Waals surface area contributed by atoms with Crippen LogP contribution >= 0.6 is 0 Å². The lowest BCUT2D eigenvalue weighted by Crippen LogP contribution is -2.44. The second-order valence-electron chi connectivity index (χ2n) is 6.98. The molecular weight excluding hydrogens is 300 g/mol. The van der Waals surface area contributed by atoms with Gasteiger partial charge in [0, 0.05) is 38.1 Å². The van der Waals surface area contributed by atoms with Gasteiger partial charge >= 0.3 is 0 Å². The van der Waals surface area contributed by atoms with Gasteiger partial charge in [-0.25, -0.2) is 9.97 Å². The van der Waals surface area contributed by atoms with Crippen molar-refractivity contribution in [3.63, 3.8) is 0 Å². The molecular formula is C19H26N4O. The molecule has 0 bridgehead atoms. The van der Waals surface area contributed by atoms with Crippen LogP contribution in [0.5, 0.6) is 0 Å². The molecule has 5 nitrogen and oxygen atoms in total. The predicted octanol–water partition coefficient (Wildman–Crippen LogP) is 2.17. The summed E-state index contributed by atoms with van der Waals surface area (Å²) in [6.07, 6.45) is 0.773. The van der Waals surface area contributed by atoms with Crippen LogP contribution in [0.15, 0.2) is 36.4 Å². The van der Waals surface area contributed by atoms with Crippen LogP contribution in [0, 0.1) is 13.8 Å². The number of hydrogen-bond donors (Lipinski definition) is 1. The van der Waals surface area contributed by atoms with Crippen LogP contribution in [-0.2, 0) is 6.54 Å². The maximum absolute atomic E-state index is 11.0. The first-order chi connectivity index (χ1) is 11.4. The van der Waals surface area contributed by atoms with E-state index in [1.807, 2.05) is 37.9 Å². The Morgan fingerprint density at radius 1 is 1.17 bits per heavy atom. The first-order valence-electron chi connectivity index (χ1n) is 8.46. The number of aliphatic hydroxyl groups is 1. The minimum Gasteiger partial charge on any atom is -0.387 e. The number of nitrogens with zero attached hydrogens (tertiary/aromatic N) is 4. The quantitative estimate of drug-likeness (QED) is 0.912. The SMILES string of the molecule is Cc1cc(C)nc(N(C)CC2(O)CCN(Cc3ccccc3)C2)n1. The minimum atomic E-state index is -0.718. The van der Waals surface area contributed by atoms with E-state index >= 15 is 0 Å². The lowest BCUT2D eigenvalue weighted by atomic mass is 10.0. The van der Waals surface area contributed by atoms with Crippen LogP contribution in [0.2, 0.25) is 0 Å². The smallest absolute Gasteiger partial charge is 0.225 e. The largest absolute Gasteiger partial charge is 0.387 e. The summed E-state index contributed by atoms with van der Waals surface area (Å²) in [6.45, 7) is 6.95. The summed E-state index contributed by atoms with van der Waals surface area (Å²) in [5.74, 6) is 0.683. The van der Waals surface area contributed by atoms with Gasteiger partial charge in [-0.2, -0.15) is 0 Å². The average Bonchev–Trinajstić information content (AvgIpc) is 2.88. The van der Waals surface area contributed by atoms with E-state index in [9.17, 15) is 5.11 Å². The van der Waals surface area contributed by atoms with Gasteiger partial charge in [0.25, 0.3) is 0 Å². The second-order valence-corrected chi connectivity index (χ2v) is 6.98. The third-order valence-electron chi connectivity index (χ3n) is 4.50. The molecule has 1 atom stereocenters. The zero-order chi connectivity index (χ0) is 17.2. The lowest BCUT2D eigenvalue weighted by molar-refractivity contribution is 0.0559. The molecule has 0 aliphatic carbocycles. The van der Waals surface area contributed by atoms with Gasteiger partial charge in [0.1, 0.15) is 0 Å². The van der Waals surface area contributed by atoms with Crippen molar-refractivity contribution in [3.05, 3.63) is 53.3 Å². The number of aromatic nitrogens is 2. The molecule has 1 aliphatic rings. The standard InChI is InChI=1S/C19H26N4O/c1-15-11-16(2)21-18(20-15)22(3)13-19(24)9-10-23(14-19)12-17-7-5-4-6-8-17/h4-8,11,24H,9-10,12-14H2,1-3H3. The Balaban J connectivity index is 1.62. The Labute approximate surface area is 144 Å². The highest BCUT2D eigenvalue weighted by atomic mass is 16.3. The van der Waals surface area contributed by atoms with E-state index in [4.69, 9.17) is 0 Å². The summed E-state index contributed by atoms with van der Waals surface area (Å²) in [6, 6.07) is 12.4. The van der Waals surface area contributed by atoms with Crippen molar-refractivity contribution in [1.82, 2.24) is 14.9 Å². The van der Waals surface area contributed by atoms with Crippen molar-refractivity contribution in [2.45, 2.75) is 32.4 Å². The fourth-order valence-electron chi connectivity index (χ4n) is 3.44. The van der Waals surface area contributed by atoms with E-state index in [0.29, 0.717) is 19.0 Å². The van der Waals surface area contributed by atoms with Crippen LogP contribution in [0.25, 0.3) is 0 Å². The Kier molecular flexibility index (Phi) is 4.83. The molecule has 1 aromatic heterocycles. The van der Waals surface area contributed by atoms with E-state index in [0.717, 1.165) is 30.9 Å². The molecule has 0 amide bonds. The number of rotatable bonds is 5. The van der Waals surface area contributed by atoms with Crippen LogP contribution < -0.4 is 4.90 Å². The lowest BCUT2D eigenvalue weighted by Gasteiger charge is -2.29. The number of benzene rings is 1. The number of β-amino-alcohol motifs (C(OH)–C–C–N with tert-alkyl or cyclic N) is 1.